The first-order valence-corrected chi connectivity index (χ1v) is 9.32. The number of benzene rings is 2. The van der Waals surface area contributed by atoms with Crippen LogP contribution in [-0.2, 0) is 20.8 Å². The molecule has 0 bridgehead atoms. The number of nitrogens with one attached hydrogen (secondary N) is 1. The van der Waals surface area contributed by atoms with Crippen molar-refractivity contribution in [2.24, 2.45) is 0 Å². The number of aliphatic hydroxyl groups is 1. The van der Waals surface area contributed by atoms with Crippen LogP contribution in [0.5, 0.6) is 5.75 Å². The molecular formula is C22H33NO5. The molecule has 0 aliphatic carbocycles. The van der Waals surface area contributed by atoms with Crippen molar-refractivity contribution in [1.29, 1.82) is 0 Å². The van der Waals surface area contributed by atoms with Crippen LogP contribution in [0.2, 0.25) is 0 Å². The van der Waals surface area contributed by atoms with E-state index in [0.29, 0.717) is 13.2 Å². The highest BCUT2D eigenvalue weighted by Crippen LogP contribution is 2.08. The molecule has 0 amide bonds. The Morgan fingerprint density at radius 2 is 1.57 bits per heavy atom. The molecule has 1 atom stereocenters. The summed E-state index contributed by atoms with van der Waals surface area (Å²) in [5.41, 5.74) is 1.21. The zero-order valence-corrected chi connectivity index (χ0v) is 17.3. The Bertz CT molecular complexity index is 592. The Hall–Kier alpha value is -2.41. The van der Waals surface area contributed by atoms with Gasteiger partial charge in [-0.25, -0.2) is 4.79 Å². The number of carbonyl (C=O) groups is 1. The second-order valence-electron chi connectivity index (χ2n) is 5.40. The molecule has 0 spiro atoms. The van der Waals surface area contributed by atoms with Gasteiger partial charge in [-0.3, -0.25) is 0 Å². The lowest BCUT2D eigenvalue weighted by atomic mass is 10.2. The van der Waals surface area contributed by atoms with Gasteiger partial charge in [-0.2, -0.15) is 0 Å². The maximum absolute atomic E-state index is 10.1. The Morgan fingerprint density at radius 3 is 2.07 bits per heavy atom. The Kier molecular flexibility index (Phi) is 16.4. The predicted molar refractivity (Wildman–Crippen MR) is 111 cm³/mol. The first kappa shape index (κ1) is 25.6. The van der Waals surface area contributed by atoms with Crippen molar-refractivity contribution in [3.8, 4) is 5.75 Å². The number of aliphatic hydroxyl groups excluding tert-OH is 1. The van der Waals surface area contributed by atoms with Crippen molar-refractivity contribution in [1.82, 2.24) is 5.32 Å². The van der Waals surface area contributed by atoms with Crippen LogP contribution in [0.15, 0.2) is 60.7 Å². The summed E-state index contributed by atoms with van der Waals surface area (Å²) in [5.74, 6) is 0.437. The summed E-state index contributed by atoms with van der Waals surface area (Å²) in [6.07, 6.45) is -0.510. The standard InChI is InChI=1S/C16H19NO2.C4H8O3.C2H6/c18-15(13-19-16-9-5-2-6-10-16)12-17-11-14-7-3-1-4-8-14;1-6-3-4(5)7-2;1-2/h1-10,15,17-18H,11-13H2;3H2,1-2H3;1-2H3. The molecule has 156 valence electrons. The highest BCUT2D eigenvalue weighted by atomic mass is 16.6. The van der Waals surface area contributed by atoms with Crippen molar-refractivity contribution >= 4 is 5.97 Å². The maximum atomic E-state index is 10.1. The lowest BCUT2D eigenvalue weighted by Crippen LogP contribution is -2.31. The molecular weight excluding hydrogens is 358 g/mol. The summed E-state index contributed by atoms with van der Waals surface area (Å²) >= 11 is 0. The fourth-order valence-corrected chi connectivity index (χ4v) is 1.92. The van der Waals surface area contributed by atoms with Gasteiger partial charge >= 0.3 is 5.97 Å². The Balaban J connectivity index is 0.000000688. The van der Waals surface area contributed by atoms with Gasteiger partial charge in [0.2, 0.25) is 0 Å². The van der Waals surface area contributed by atoms with Gasteiger partial charge in [0.05, 0.1) is 7.11 Å². The molecule has 6 nitrogen and oxygen atoms in total. The number of hydrogen-bond acceptors (Lipinski definition) is 6. The fraction of sp³-hybridized carbons (Fsp3) is 0.409. The first-order valence-electron chi connectivity index (χ1n) is 9.32. The number of methoxy groups -OCH3 is 2. The van der Waals surface area contributed by atoms with E-state index in [1.165, 1.54) is 19.8 Å². The molecule has 1 unspecified atom stereocenters. The van der Waals surface area contributed by atoms with Crippen LogP contribution in [0.1, 0.15) is 19.4 Å². The normalized spacial score (nSPS) is 10.5. The topological polar surface area (TPSA) is 77.0 Å². The predicted octanol–water partition coefficient (Wildman–Crippen LogP) is 3.05. The van der Waals surface area contributed by atoms with Crippen molar-refractivity contribution in [2.45, 2.75) is 26.5 Å². The van der Waals surface area contributed by atoms with Crippen molar-refractivity contribution in [2.75, 3.05) is 34.0 Å². The molecule has 0 fully saturated rings. The van der Waals surface area contributed by atoms with E-state index in [2.05, 4.69) is 26.9 Å². The summed E-state index contributed by atoms with van der Waals surface area (Å²) in [7, 11) is 2.76. The maximum Gasteiger partial charge on any atom is 0.331 e. The third-order valence-electron chi connectivity index (χ3n) is 3.23. The summed E-state index contributed by atoms with van der Waals surface area (Å²) in [5, 5.41) is 13.0. The molecule has 2 aromatic carbocycles. The Morgan fingerprint density at radius 1 is 1.00 bits per heavy atom. The second-order valence-corrected chi connectivity index (χ2v) is 5.40. The number of carbonyl (C=O) groups excluding carboxylic acids is 1. The molecule has 0 radical (unpaired) electrons. The molecule has 0 aliphatic rings. The SMILES string of the molecule is CC.COCC(=O)OC.OC(CNCc1ccccc1)COc1ccccc1. The first-order chi connectivity index (χ1) is 13.7. The van der Waals surface area contributed by atoms with Crippen LogP contribution in [0.25, 0.3) is 0 Å². The number of para-hydroxylation sites is 1. The quantitative estimate of drug-likeness (QED) is 0.640. The molecule has 2 rings (SSSR count). The highest BCUT2D eigenvalue weighted by Gasteiger charge is 2.04. The lowest BCUT2D eigenvalue weighted by molar-refractivity contribution is -0.144. The average Bonchev–Trinajstić information content (AvgIpc) is 2.76. The van der Waals surface area contributed by atoms with Crippen molar-refractivity contribution < 1.29 is 24.1 Å². The summed E-state index contributed by atoms with van der Waals surface area (Å²) in [6.45, 7) is 5.60. The number of hydrogen-bond donors (Lipinski definition) is 2. The van der Waals surface area contributed by atoms with Crippen molar-refractivity contribution in [3.63, 3.8) is 0 Å². The zero-order valence-electron chi connectivity index (χ0n) is 17.3. The lowest BCUT2D eigenvalue weighted by Gasteiger charge is -2.13. The van der Waals surface area contributed by atoms with E-state index >= 15 is 0 Å². The number of esters is 1. The van der Waals surface area contributed by atoms with Gasteiger partial charge in [0.25, 0.3) is 0 Å². The van der Waals surface area contributed by atoms with Gasteiger partial charge in [-0.15, -0.1) is 0 Å². The van der Waals surface area contributed by atoms with Crippen LogP contribution in [0, 0.1) is 0 Å². The molecule has 0 aliphatic heterocycles. The van der Waals surface area contributed by atoms with Crippen LogP contribution in [0.4, 0.5) is 0 Å². The van der Waals surface area contributed by atoms with E-state index in [9.17, 15) is 9.90 Å². The van der Waals surface area contributed by atoms with Crippen LogP contribution in [-0.4, -0.2) is 51.2 Å². The van der Waals surface area contributed by atoms with E-state index in [1.807, 2.05) is 62.4 Å². The van der Waals surface area contributed by atoms with Crippen LogP contribution >= 0.6 is 0 Å². The largest absolute Gasteiger partial charge is 0.491 e. The average molecular weight is 392 g/mol. The zero-order chi connectivity index (χ0) is 21.0. The smallest absolute Gasteiger partial charge is 0.331 e. The molecule has 2 N–H and O–H groups in total. The third kappa shape index (κ3) is 13.7. The van der Waals surface area contributed by atoms with E-state index in [0.717, 1.165) is 12.3 Å². The van der Waals surface area contributed by atoms with Gasteiger partial charge in [-0.05, 0) is 17.7 Å². The third-order valence-corrected chi connectivity index (χ3v) is 3.23. The minimum Gasteiger partial charge on any atom is -0.491 e. The molecule has 0 saturated heterocycles. The fourth-order valence-electron chi connectivity index (χ4n) is 1.92. The summed E-state index contributed by atoms with van der Waals surface area (Å²) < 4.78 is 14.1. The van der Waals surface area contributed by atoms with Crippen molar-refractivity contribution in [3.05, 3.63) is 66.2 Å². The number of rotatable bonds is 9. The molecule has 6 heteroatoms. The second kappa shape index (κ2) is 18.0. The summed E-state index contributed by atoms with van der Waals surface area (Å²) in [4.78, 5) is 10.1. The van der Waals surface area contributed by atoms with Crippen LogP contribution < -0.4 is 10.1 Å². The molecule has 0 heterocycles. The summed E-state index contributed by atoms with van der Waals surface area (Å²) in [6, 6.07) is 19.6. The van der Waals surface area contributed by atoms with E-state index in [1.54, 1.807) is 0 Å². The van der Waals surface area contributed by atoms with Gasteiger partial charge in [0, 0.05) is 20.2 Å². The Labute approximate surface area is 168 Å². The molecule has 0 saturated carbocycles. The van der Waals surface area contributed by atoms with Gasteiger partial charge in [0.15, 0.2) is 0 Å². The van der Waals surface area contributed by atoms with E-state index in [4.69, 9.17) is 4.74 Å². The van der Waals surface area contributed by atoms with E-state index < -0.39 is 6.10 Å². The van der Waals surface area contributed by atoms with Gasteiger partial charge in [-0.1, -0.05) is 62.4 Å². The molecule has 2 aromatic rings. The highest BCUT2D eigenvalue weighted by molar-refractivity contribution is 5.70. The molecule has 28 heavy (non-hydrogen) atoms. The minimum absolute atomic E-state index is 0.0382. The van der Waals surface area contributed by atoms with Gasteiger partial charge in [0.1, 0.15) is 25.1 Å². The van der Waals surface area contributed by atoms with E-state index in [-0.39, 0.29) is 12.6 Å². The molecule has 0 aromatic heterocycles. The minimum atomic E-state index is -0.510. The van der Waals surface area contributed by atoms with Gasteiger partial charge < -0.3 is 24.6 Å². The monoisotopic (exact) mass is 391 g/mol. The van der Waals surface area contributed by atoms with Crippen LogP contribution in [0.3, 0.4) is 0 Å². The number of ether oxygens (including phenoxy) is 3.